The molecule has 2 rings (SSSR count). The number of fused-ring (bicyclic) bond motifs is 1. The summed E-state index contributed by atoms with van der Waals surface area (Å²) in [6.45, 7) is 3.02. The van der Waals surface area contributed by atoms with E-state index in [1.54, 1.807) is 6.92 Å². The maximum Gasteiger partial charge on any atom is 0.223 e. The topological polar surface area (TPSA) is 46.3 Å². The number of aryl methyl sites for hydroxylation is 1. The molecule has 0 saturated carbocycles. The highest BCUT2D eigenvalue weighted by Gasteiger charge is 2.19. The molecular formula is C12H17ClN2O. The van der Waals surface area contributed by atoms with Crippen LogP contribution in [-0.2, 0) is 17.8 Å². The highest BCUT2D eigenvalue weighted by atomic mass is 35.5. The predicted octanol–water partition coefficient (Wildman–Crippen LogP) is 1.87. The van der Waals surface area contributed by atoms with Crippen LogP contribution in [0.4, 0.5) is 5.69 Å². The van der Waals surface area contributed by atoms with Gasteiger partial charge in [-0.25, -0.2) is 0 Å². The van der Waals surface area contributed by atoms with Gasteiger partial charge in [0, 0.05) is 25.7 Å². The van der Waals surface area contributed by atoms with Crippen molar-refractivity contribution in [2.75, 3.05) is 11.4 Å². The van der Waals surface area contributed by atoms with Crippen molar-refractivity contribution in [3.05, 3.63) is 29.3 Å². The molecule has 0 atom stereocenters. The van der Waals surface area contributed by atoms with Gasteiger partial charge in [0.05, 0.1) is 0 Å². The number of rotatable bonds is 1. The summed E-state index contributed by atoms with van der Waals surface area (Å²) in [5, 5.41) is 0. The molecule has 1 aromatic rings. The van der Waals surface area contributed by atoms with E-state index in [1.165, 1.54) is 5.56 Å². The van der Waals surface area contributed by atoms with Crippen LogP contribution < -0.4 is 10.6 Å². The quantitative estimate of drug-likeness (QED) is 0.815. The maximum absolute atomic E-state index is 11.4. The van der Waals surface area contributed by atoms with Gasteiger partial charge in [-0.1, -0.05) is 12.1 Å². The van der Waals surface area contributed by atoms with Crippen molar-refractivity contribution < 1.29 is 4.79 Å². The fourth-order valence-corrected chi connectivity index (χ4v) is 2.10. The fraction of sp³-hybridized carbons (Fsp3) is 0.417. The van der Waals surface area contributed by atoms with Gasteiger partial charge in [0.1, 0.15) is 0 Å². The standard InChI is InChI=1S/C12H16N2O.ClH/c1-9(15)14-6-2-3-11-7-10(8-13)4-5-12(11)14;/h4-5,7H,2-3,6,8,13H2,1H3;1H. The molecule has 0 aromatic heterocycles. The zero-order valence-electron chi connectivity index (χ0n) is 9.40. The predicted molar refractivity (Wildman–Crippen MR) is 67.9 cm³/mol. The number of carbonyl (C=O) groups is 1. The molecule has 16 heavy (non-hydrogen) atoms. The first-order valence-electron chi connectivity index (χ1n) is 5.32. The lowest BCUT2D eigenvalue weighted by atomic mass is 9.99. The van der Waals surface area contributed by atoms with E-state index in [0.29, 0.717) is 6.54 Å². The number of hydrogen-bond donors (Lipinski definition) is 1. The molecule has 88 valence electrons. The molecule has 1 amide bonds. The molecule has 1 heterocycles. The van der Waals surface area contributed by atoms with Crippen LogP contribution in [0.25, 0.3) is 0 Å². The number of anilines is 1. The number of carbonyl (C=O) groups excluding carboxylic acids is 1. The van der Waals surface area contributed by atoms with Gasteiger partial charge in [-0.05, 0) is 30.0 Å². The van der Waals surface area contributed by atoms with Crippen LogP contribution in [0.3, 0.4) is 0 Å². The summed E-state index contributed by atoms with van der Waals surface area (Å²) in [4.78, 5) is 13.3. The number of amides is 1. The van der Waals surface area contributed by atoms with E-state index in [-0.39, 0.29) is 18.3 Å². The lowest BCUT2D eigenvalue weighted by Crippen LogP contribution is -2.33. The van der Waals surface area contributed by atoms with Gasteiger partial charge in [-0.3, -0.25) is 4.79 Å². The second-order valence-electron chi connectivity index (χ2n) is 3.94. The number of nitrogens with two attached hydrogens (primary N) is 1. The average molecular weight is 241 g/mol. The average Bonchev–Trinajstić information content (AvgIpc) is 2.27. The van der Waals surface area contributed by atoms with Crippen molar-refractivity contribution in [2.45, 2.75) is 26.3 Å². The van der Waals surface area contributed by atoms with E-state index in [9.17, 15) is 4.79 Å². The minimum absolute atomic E-state index is 0. The van der Waals surface area contributed by atoms with Gasteiger partial charge >= 0.3 is 0 Å². The summed E-state index contributed by atoms with van der Waals surface area (Å²) >= 11 is 0. The Kier molecular flexibility index (Phi) is 4.33. The van der Waals surface area contributed by atoms with Gasteiger partial charge in [0.2, 0.25) is 5.91 Å². The van der Waals surface area contributed by atoms with E-state index in [2.05, 4.69) is 6.07 Å². The van der Waals surface area contributed by atoms with Gasteiger partial charge in [0.25, 0.3) is 0 Å². The number of hydrogen-bond acceptors (Lipinski definition) is 2. The first-order valence-corrected chi connectivity index (χ1v) is 5.32. The first-order chi connectivity index (χ1) is 7.22. The minimum atomic E-state index is 0. The Hall–Kier alpha value is -1.06. The van der Waals surface area contributed by atoms with Crippen molar-refractivity contribution >= 4 is 24.0 Å². The van der Waals surface area contributed by atoms with Crippen LogP contribution in [0.2, 0.25) is 0 Å². The van der Waals surface area contributed by atoms with Crippen LogP contribution in [0.1, 0.15) is 24.5 Å². The molecule has 0 spiro atoms. The van der Waals surface area contributed by atoms with Crippen molar-refractivity contribution in [1.29, 1.82) is 0 Å². The van der Waals surface area contributed by atoms with Crippen molar-refractivity contribution in [1.82, 2.24) is 0 Å². The van der Waals surface area contributed by atoms with E-state index in [1.807, 2.05) is 17.0 Å². The van der Waals surface area contributed by atoms with E-state index in [4.69, 9.17) is 5.73 Å². The summed E-state index contributed by atoms with van der Waals surface area (Å²) in [5.41, 5.74) is 9.05. The molecule has 0 bridgehead atoms. The molecule has 0 fully saturated rings. The summed E-state index contributed by atoms with van der Waals surface area (Å²) in [6.07, 6.45) is 2.09. The Labute approximate surface area is 102 Å². The minimum Gasteiger partial charge on any atom is -0.326 e. The van der Waals surface area contributed by atoms with Crippen molar-refractivity contribution in [2.24, 2.45) is 5.73 Å². The molecule has 1 aliphatic rings. The molecule has 1 aromatic carbocycles. The zero-order chi connectivity index (χ0) is 10.8. The molecule has 0 saturated heterocycles. The Bertz CT molecular complexity index is 393. The molecule has 3 nitrogen and oxygen atoms in total. The number of halogens is 1. The Morgan fingerprint density at radius 3 is 2.88 bits per heavy atom. The van der Waals surface area contributed by atoms with E-state index < -0.39 is 0 Å². The summed E-state index contributed by atoms with van der Waals surface area (Å²) in [6, 6.07) is 6.13. The van der Waals surface area contributed by atoms with Crippen LogP contribution in [0.5, 0.6) is 0 Å². The normalized spacial score (nSPS) is 14.0. The SMILES string of the molecule is CC(=O)N1CCCc2cc(CN)ccc21.Cl. The molecular weight excluding hydrogens is 224 g/mol. The highest BCUT2D eigenvalue weighted by Crippen LogP contribution is 2.27. The highest BCUT2D eigenvalue weighted by molar-refractivity contribution is 5.92. The Balaban J connectivity index is 0.00000128. The van der Waals surface area contributed by atoms with Crippen LogP contribution in [-0.4, -0.2) is 12.5 Å². The van der Waals surface area contributed by atoms with Crippen molar-refractivity contribution in [3.8, 4) is 0 Å². The number of benzene rings is 1. The maximum atomic E-state index is 11.4. The lowest BCUT2D eigenvalue weighted by molar-refractivity contribution is -0.116. The lowest BCUT2D eigenvalue weighted by Gasteiger charge is -2.28. The van der Waals surface area contributed by atoms with Gasteiger partial charge in [0.15, 0.2) is 0 Å². The summed E-state index contributed by atoms with van der Waals surface area (Å²) < 4.78 is 0. The molecule has 2 N–H and O–H groups in total. The fourth-order valence-electron chi connectivity index (χ4n) is 2.10. The largest absolute Gasteiger partial charge is 0.326 e. The van der Waals surface area contributed by atoms with Gasteiger partial charge in [-0.15, -0.1) is 12.4 Å². The van der Waals surface area contributed by atoms with Crippen LogP contribution in [0.15, 0.2) is 18.2 Å². The molecule has 1 aliphatic heterocycles. The van der Waals surface area contributed by atoms with Crippen molar-refractivity contribution in [3.63, 3.8) is 0 Å². The van der Waals surface area contributed by atoms with Gasteiger partial charge < -0.3 is 10.6 Å². The van der Waals surface area contributed by atoms with E-state index >= 15 is 0 Å². The third-order valence-electron chi connectivity index (χ3n) is 2.88. The molecule has 0 radical (unpaired) electrons. The van der Waals surface area contributed by atoms with Crippen LogP contribution >= 0.6 is 12.4 Å². The summed E-state index contributed by atoms with van der Waals surface area (Å²) in [7, 11) is 0. The molecule has 0 aliphatic carbocycles. The number of nitrogens with zero attached hydrogens (tertiary/aromatic N) is 1. The van der Waals surface area contributed by atoms with Crippen LogP contribution in [0, 0.1) is 0 Å². The third kappa shape index (κ3) is 2.36. The smallest absolute Gasteiger partial charge is 0.223 e. The second-order valence-corrected chi connectivity index (χ2v) is 3.94. The zero-order valence-corrected chi connectivity index (χ0v) is 10.2. The second kappa shape index (κ2) is 5.32. The Morgan fingerprint density at radius 2 is 2.25 bits per heavy atom. The summed E-state index contributed by atoms with van der Waals surface area (Å²) in [5.74, 6) is 0.122. The monoisotopic (exact) mass is 240 g/mol. The van der Waals surface area contributed by atoms with Gasteiger partial charge in [-0.2, -0.15) is 0 Å². The third-order valence-corrected chi connectivity index (χ3v) is 2.88. The van der Waals surface area contributed by atoms with E-state index in [0.717, 1.165) is 30.6 Å². The molecule has 0 unspecified atom stereocenters. The first kappa shape index (κ1) is 13.0. The molecule has 4 heteroatoms. The Morgan fingerprint density at radius 1 is 1.50 bits per heavy atom.